The summed E-state index contributed by atoms with van der Waals surface area (Å²) in [7, 11) is 0. The minimum absolute atomic E-state index is 0.307. The minimum atomic E-state index is -0.829. The maximum atomic E-state index is 12.2. The summed E-state index contributed by atoms with van der Waals surface area (Å²) in [6.45, 7) is 1.57. The molecule has 3 aromatic rings. The molecule has 0 radical (unpaired) electrons. The third kappa shape index (κ3) is 6.56. The zero-order chi connectivity index (χ0) is 23.1. The Hall–Kier alpha value is -2.87. The van der Waals surface area contributed by atoms with Crippen LogP contribution >= 0.6 is 39.1 Å². The lowest BCUT2D eigenvalue weighted by Crippen LogP contribution is -2.33. The molecule has 1 amide bonds. The van der Waals surface area contributed by atoms with Crippen LogP contribution in [0, 0.1) is 0 Å². The first-order chi connectivity index (χ1) is 15.3. The Morgan fingerprint density at radius 1 is 1.06 bits per heavy atom. The Kier molecular flexibility index (Phi) is 8.27. The molecule has 0 heterocycles. The third-order valence-electron chi connectivity index (χ3n) is 4.14. The van der Waals surface area contributed by atoms with Crippen molar-refractivity contribution in [2.75, 3.05) is 0 Å². The number of benzene rings is 3. The predicted octanol–water partition coefficient (Wildman–Crippen LogP) is 5.89. The van der Waals surface area contributed by atoms with Gasteiger partial charge in [-0.15, -0.1) is 0 Å². The summed E-state index contributed by atoms with van der Waals surface area (Å²) >= 11 is 15.2. The van der Waals surface area contributed by atoms with Gasteiger partial charge in [0, 0.05) is 9.50 Å². The molecule has 0 aliphatic carbocycles. The monoisotopic (exact) mass is 534 g/mol. The van der Waals surface area contributed by atoms with Crippen molar-refractivity contribution in [1.29, 1.82) is 0 Å². The van der Waals surface area contributed by atoms with E-state index in [1.165, 1.54) is 12.3 Å². The number of nitrogens with zero attached hydrogens (tertiary/aromatic N) is 1. The Labute approximate surface area is 203 Å². The van der Waals surface area contributed by atoms with Crippen LogP contribution in [0.25, 0.3) is 0 Å². The van der Waals surface area contributed by atoms with Crippen molar-refractivity contribution in [3.05, 3.63) is 92.4 Å². The van der Waals surface area contributed by atoms with Crippen LogP contribution in [-0.2, 0) is 4.79 Å². The average molecular weight is 536 g/mol. The van der Waals surface area contributed by atoms with E-state index in [4.69, 9.17) is 32.7 Å². The highest BCUT2D eigenvalue weighted by molar-refractivity contribution is 9.10. The van der Waals surface area contributed by atoms with Crippen molar-refractivity contribution >= 4 is 57.2 Å². The fourth-order valence-corrected chi connectivity index (χ4v) is 3.39. The number of hydrogen-bond acceptors (Lipinski definition) is 5. The van der Waals surface area contributed by atoms with Crippen molar-refractivity contribution in [2.45, 2.75) is 13.0 Å². The average Bonchev–Trinajstić information content (AvgIpc) is 2.77. The van der Waals surface area contributed by atoms with Crippen molar-refractivity contribution in [3.8, 4) is 11.5 Å². The molecule has 0 saturated heterocycles. The summed E-state index contributed by atoms with van der Waals surface area (Å²) in [5, 5.41) is 4.69. The van der Waals surface area contributed by atoms with Gasteiger partial charge in [0.15, 0.2) is 6.10 Å². The van der Waals surface area contributed by atoms with E-state index in [1.54, 1.807) is 61.5 Å². The molecule has 3 rings (SSSR count). The first-order valence-electron chi connectivity index (χ1n) is 9.35. The van der Waals surface area contributed by atoms with E-state index < -0.39 is 18.0 Å². The van der Waals surface area contributed by atoms with E-state index in [0.29, 0.717) is 37.1 Å². The fourth-order valence-electron chi connectivity index (χ4n) is 2.49. The molecule has 0 bridgehead atoms. The number of esters is 1. The molecular formula is C23H17BrCl2N2O4. The second-order valence-corrected chi connectivity index (χ2v) is 8.21. The van der Waals surface area contributed by atoms with Crippen LogP contribution in [0.2, 0.25) is 10.0 Å². The highest BCUT2D eigenvalue weighted by Crippen LogP contribution is 2.28. The zero-order valence-electron chi connectivity index (χ0n) is 16.7. The molecule has 6 nitrogen and oxygen atoms in total. The molecule has 9 heteroatoms. The molecule has 1 atom stereocenters. The number of halogens is 3. The summed E-state index contributed by atoms with van der Waals surface area (Å²) in [5.74, 6) is -0.198. The van der Waals surface area contributed by atoms with Gasteiger partial charge in [-0.3, -0.25) is 4.79 Å². The molecule has 164 valence electrons. The second-order valence-electron chi connectivity index (χ2n) is 6.51. The van der Waals surface area contributed by atoms with Crippen molar-refractivity contribution < 1.29 is 19.1 Å². The lowest BCUT2D eigenvalue weighted by atomic mass is 10.2. The first kappa shape index (κ1) is 23.8. The zero-order valence-corrected chi connectivity index (χ0v) is 19.8. The molecule has 1 N–H and O–H groups in total. The van der Waals surface area contributed by atoms with Crippen LogP contribution in [0.15, 0.2) is 76.3 Å². The summed E-state index contributed by atoms with van der Waals surface area (Å²) in [4.78, 5) is 24.4. The van der Waals surface area contributed by atoms with Crippen LogP contribution in [0.5, 0.6) is 11.5 Å². The van der Waals surface area contributed by atoms with Gasteiger partial charge in [-0.05, 0) is 83.0 Å². The van der Waals surface area contributed by atoms with E-state index in [-0.39, 0.29) is 0 Å². The number of hydrogen-bond donors (Lipinski definition) is 1. The summed E-state index contributed by atoms with van der Waals surface area (Å²) < 4.78 is 11.6. The largest absolute Gasteiger partial charge is 0.479 e. The molecule has 0 fully saturated rings. The van der Waals surface area contributed by atoms with Crippen LogP contribution in [0.3, 0.4) is 0 Å². The van der Waals surface area contributed by atoms with Gasteiger partial charge in [-0.1, -0.05) is 35.3 Å². The number of ether oxygens (including phenoxy) is 2. The number of carbonyl (C=O) groups excluding carboxylic acids is 2. The van der Waals surface area contributed by atoms with Crippen LogP contribution in [-0.4, -0.2) is 24.2 Å². The number of nitrogens with one attached hydrogen (secondary N) is 1. The minimum Gasteiger partial charge on any atom is -0.479 e. The maximum Gasteiger partial charge on any atom is 0.344 e. The molecular weight excluding hydrogens is 519 g/mol. The highest BCUT2D eigenvalue weighted by atomic mass is 79.9. The summed E-state index contributed by atoms with van der Waals surface area (Å²) in [5.41, 5.74) is 3.52. The first-order valence-corrected chi connectivity index (χ1v) is 10.9. The molecule has 3 aromatic carbocycles. The predicted molar refractivity (Wildman–Crippen MR) is 128 cm³/mol. The van der Waals surface area contributed by atoms with Gasteiger partial charge in [-0.2, -0.15) is 5.10 Å². The molecule has 0 spiro atoms. The van der Waals surface area contributed by atoms with E-state index in [0.717, 1.165) is 0 Å². The SMILES string of the molecule is CC(Oc1ccc(Cl)cc1Cl)C(=O)N/N=C/c1ccc(OC(=O)c2ccccc2Br)cc1. The summed E-state index contributed by atoms with van der Waals surface area (Å²) in [6, 6.07) is 18.4. The molecule has 0 aliphatic heterocycles. The van der Waals surface area contributed by atoms with Gasteiger partial charge in [-0.25, -0.2) is 10.2 Å². The van der Waals surface area contributed by atoms with Gasteiger partial charge in [0.2, 0.25) is 0 Å². The Bertz CT molecular complexity index is 1150. The molecule has 32 heavy (non-hydrogen) atoms. The fraction of sp³-hybridized carbons (Fsp3) is 0.0870. The van der Waals surface area contributed by atoms with Gasteiger partial charge in [0.25, 0.3) is 5.91 Å². The second kappa shape index (κ2) is 11.1. The Morgan fingerprint density at radius 2 is 1.78 bits per heavy atom. The van der Waals surface area contributed by atoms with E-state index in [1.807, 2.05) is 6.07 Å². The van der Waals surface area contributed by atoms with Gasteiger partial charge in [0.05, 0.1) is 16.8 Å². The van der Waals surface area contributed by atoms with Gasteiger partial charge >= 0.3 is 5.97 Å². The van der Waals surface area contributed by atoms with Gasteiger partial charge < -0.3 is 9.47 Å². The van der Waals surface area contributed by atoms with E-state index in [9.17, 15) is 9.59 Å². The van der Waals surface area contributed by atoms with E-state index in [2.05, 4.69) is 26.5 Å². The third-order valence-corrected chi connectivity index (χ3v) is 5.36. The maximum absolute atomic E-state index is 12.2. The topological polar surface area (TPSA) is 77.0 Å². The van der Waals surface area contributed by atoms with Crippen LogP contribution in [0.1, 0.15) is 22.8 Å². The van der Waals surface area contributed by atoms with Crippen LogP contribution in [0.4, 0.5) is 0 Å². The lowest BCUT2D eigenvalue weighted by molar-refractivity contribution is -0.127. The number of hydrazone groups is 1. The number of carbonyl (C=O) groups is 2. The normalized spacial score (nSPS) is 11.8. The lowest BCUT2D eigenvalue weighted by Gasteiger charge is -2.14. The number of amides is 1. The van der Waals surface area contributed by atoms with Gasteiger partial charge in [0.1, 0.15) is 11.5 Å². The van der Waals surface area contributed by atoms with Crippen molar-refractivity contribution in [2.24, 2.45) is 5.10 Å². The molecule has 0 aliphatic rings. The smallest absolute Gasteiger partial charge is 0.344 e. The molecule has 0 aromatic heterocycles. The van der Waals surface area contributed by atoms with E-state index >= 15 is 0 Å². The Balaban J connectivity index is 1.52. The standard InChI is InChI=1S/C23H17BrCl2N2O4/c1-14(31-21-11-8-16(25)12-20(21)26)22(29)28-27-13-15-6-9-17(10-7-15)32-23(30)18-4-2-3-5-19(18)24/h2-14H,1H3,(H,28,29)/b27-13+. The van der Waals surface area contributed by atoms with Crippen molar-refractivity contribution in [1.82, 2.24) is 5.43 Å². The summed E-state index contributed by atoms with van der Waals surface area (Å²) in [6.07, 6.45) is 0.629. The molecule has 0 saturated carbocycles. The number of rotatable bonds is 7. The quantitative estimate of drug-likeness (QED) is 0.177. The molecule has 1 unspecified atom stereocenters. The Morgan fingerprint density at radius 3 is 2.47 bits per heavy atom. The van der Waals surface area contributed by atoms with Crippen LogP contribution < -0.4 is 14.9 Å². The highest BCUT2D eigenvalue weighted by Gasteiger charge is 2.16. The van der Waals surface area contributed by atoms with Crippen molar-refractivity contribution in [3.63, 3.8) is 0 Å².